The summed E-state index contributed by atoms with van der Waals surface area (Å²) in [5, 5.41) is 11.9. The third-order valence-electron chi connectivity index (χ3n) is 5.59. The summed E-state index contributed by atoms with van der Waals surface area (Å²) >= 11 is 0. The van der Waals surface area contributed by atoms with Crippen LogP contribution in [0.2, 0.25) is 0 Å². The maximum Gasteiger partial charge on any atom is 0.140 e. The van der Waals surface area contributed by atoms with Gasteiger partial charge in [-0.05, 0) is 39.9 Å². The second-order valence-corrected chi connectivity index (χ2v) is 7.88. The molecule has 0 heterocycles. The molecule has 0 aliphatic heterocycles. The summed E-state index contributed by atoms with van der Waals surface area (Å²) in [6.45, 7) is 0. The third-order valence-corrected chi connectivity index (χ3v) is 5.59. The van der Waals surface area contributed by atoms with E-state index in [0.717, 1.165) is 27.8 Å². The Kier molecular flexibility index (Phi) is 6.01. The number of nitrogens with zero attached hydrogens (tertiary/aromatic N) is 1. The fourth-order valence-corrected chi connectivity index (χ4v) is 3.77. The normalized spacial score (nSPS) is 11.6. The minimum Gasteiger partial charge on any atom is -0.378 e. The van der Waals surface area contributed by atoms with Gasteiger partial charge < -0.3 is 10.0 Å². The van der Waals surface area contributed by atoms with E-state index in [2.05, 4.69) is 53.5 Å². The summed E-state index contributed by atoms with van der Waals surface area (Å²) in [6.07, 6.45) is 4.20. The Labute approximate surface area is 184 Å². The van der Waals surface area contributed by atoms with Gasteiger partial charge in [0, 0.05) is 19.8 Å². The fraction of sp³-hybridized carbons (Fsp3) is 0.103. The predicted molar refractivity (Wildman–Crippen MR) is 131 cm³/mol. The first-order valence-corrected chi connectivity index (χ1v) is 10.5. The standard InChI is InChI=1S/C29H27NO/c1-30(2)28-21-17-24(18-22-28)14-13-23-15-19-27(20-16-23)29(31,25-9-5-3-6-10-25)26-11-7-4-8-12-26/h3-22,31H,1-2H3/b14-13+. The number of benzene rings is 4. The Morgan fingerprint density at radius 3 is 1.35 bits per heavy atom. The molecular formula is C29H27NO. The maximum atomic E-state index is 11.9. The van der Waals surface area contributed by atoms with E-state index < -0.39 is 5.60 Å². The minimum absolute atomic E-state index is 0.845. The van der Waals surface area contributed by atoms with E-state index in [1.54, 1.807) is 0 Å². The molecule has 0 radical (unpaired) electrons. The van der Waals surface area contributed by atoms with Crippen molar-refractivity contribution in [1.29, 1.82) is 0 Å². The summed E-state index contributed by atoms with van der Waals surface area (Å²) < 4.78 is 0. The molecule has 0 saturated heterocycles. The van der Waals surface area contributed by atoms with Crippen LogP contribution < -0.4 is 4.90 Å². The van der Waals surface area contributed by atoms with Gasteiger partial charge >= 0.3 is 0 Å². The molecule has 4 aromatic rings. The van der Waals surface area contributed by atoms with Gasteiger partial charge in [0.1, 0.15) is 5.60 Å². The van der Waals surface area contributed by atoms with Crippen LogP contribution in [0.15, 0.2) is 109 Å². The molecule has 0 fully saturated rings. The van der Waals surface area contributed by atoms with Crippen LogP contribution >= 0.6 is 0 Å². The molecule has 2 heteroatoms. The van der Waals surface area contributed by atoms with Crippen LogP contribution in [0.1, 0.15) is 27.8 Å². The summed E-state index contributed by atoms with van der Waals surface area (Å²) in [6, 6.07) is 36.2. The Balaban J connectivity index is 1.63. The van der Waals surface area contributed by atoms with Crippen molar-refractivity contribution in [3.05, 3.63) is 137 Å². The van der Waals surface area contributed by atoms with E-state index in [0.29, 0.717) is 0 Å². The fourth-order valence-electron chi connectivity index (χ4n) is 3.77. The zero-order valence-corrected chi connectivity index (χ0v) is 17.9. The highest BCUT2D eigenvalue weighted by atomic mass is 16.3. The predicted octanol–water partition coefficient (Wildman–Crippen LogP) is 6.21. The van der Waals surface area contributed by atoms with Crippen LogP contribution in [-0.4, -0.2) is 19.2 Å². The summed E-state index contributed by atoms with van der Waals surface area (Å²) in [5.41, 5.74) is 4.77. The van der Waals surface area contributed by atoms with E-state index in [1.165, 1.54) is 5.69 Å². The van der Waals surface area contributed by atoms with Crippen molar-refractivity contribution >= 4 is 17.8 Å². The molecule has 0 aliphatic rings. The lowest BCUT2D eigenvalue weighted by molar-refractivity contribution is 0.125. The molecule has 0 atom stereocenters. The van der Waals surface area contributed by atoms with E-state index in [4.69, 9.17) is 0 Å². The smallest absolute Gasteiger partial charge is 0.140 e. The van der Waals surface area contributed by atoms with Crippen molar-refractivity contribution in [2.24, 2.45) is 0 Å². The molecule has 0 aromatic heterocycles. The van der Waals surface area contributed by atoms with Crippen LogP contribution in [-0.2, 0) is 5.60 Å². The zero-order chi connectivity index (χ0) is 21.7. The molecule has 0 bridgehead atoms. The van der Waals surface area contributed by atoms with E-state index in [1.807, 2.05) is 86.9 Å². The van der Waals surface area contributed by atoms with Crippen molar-refractivity contribution in [3.63, 3.8) is 0 Å². The van der Waals surface area contributed by atoms with Crippen LogP contribution in [0.5, 0.6) is 0 Å². The van der Waals surface area contributed by atoms with Crippen molar-refractivity contribution < 1.29 is 5.11 Å². The van der Waals surface area contributed by atoms with Gasteiger partial charge in [-0.25, -0.2) is 0 Å². The van der Waals surface area contributed by atoms with E-state index in [-0.39, 0.29) is 0 Å². The summed E-state index contributed by atoms with van der Waals surface area (Å²) in [4.78, 5) is 2.09. The number of aliphatic hydroxyl groups is 1. The first-order valence-electron chi connectivity index (χ1n) is 10.5. The lowest BCUT2D eigenvalue weighted by Gasteiger charge is -2.30. The Hall–Kier alpha value is -3.62. The largest absolute Gasteiger partial charge is 0.378 e. The molecule has 0 saturated carbocycles. The lowest BCUT2D eigenvalue weighted by Crippen LogP contribution is -2.28. The molecule has 154 valence electrons. The first kappa shape index (κ1) is 20.6. The highest BCUT2D eigenvalue weighted by Crippen LogP contribution is 2.36. The highest BCUT2D eigenvalue weighted by molar-refractivity contribution is 5.70. The summed E-state index contributed by atoms with van der Waals surface area (Å²) in [5.74, 6) is 0. The second-order valence-electron chi connectivity index (χ2n) is 7.88. The van der Waals surface area contributed by atoms with E-state index in [9.17, 15) is 5.11 Å². The Morgan fingerprint density at radius 2 is 0.935 bits per heavy atom. The topological polar surface area (TPSA) is 23.5 Å². The monoisotopic (exact) mass is 405 g/mol. The van der Waals surface area contributed by atoms with Crippen LogP contribution in [0, 0.1) is 0 Å². The number of anilines is 1. The number of rotatable bonds is 6. The van der Waals surface area contributed by atoms with Crippen molar-refractivity contribution in [1.82, 2.24) is 0 Å². The molecule has 31 heavy (non-hydrogen) atoms. The van der Waals surface area contributed by atoms with Gasteiger partial charge in [-0.2, -0.15) is 0 Å². The summed E-state index contributed by atoms with van der Waals surface area (Å²) in [7, 11) is 4.08. The average Bonchev–Trinajstić information content (AvgIpc) is 2.84. The quantitative estimate of drug-likeness (QED) is 0.305. The molecule has 0 unspecified atom stereocenters. The maximum absolute atomic E-state index is 11.9. The van der Waals surface area contributed by atoms with Gasteiger partial charge in [0.15, 0.2) is 0 Å². The van der Waals surface area contributed by atoms with Crippen molar-refractivity contribution in [2.45, 2.75) is 5.60 Å². The Bertz CT molecular complexity index is 1090. The molecule has 4 aromatic carbocycles. The van der Waals surface area contributed by atoms with Gasteiger partial charge in [0.2, 0.25) is 0 Å². The minimum atomic E-state index is -1.20. The van der Waals surface area contributed by atoms with Gasteiger partial charge in [-0.3, -0.25) is 0 Å². The van der Waals surface area contributed by atoms with Gasteiger partial charge in [-0.1, -0.05) is 109 Å². The Morgan fingerprint density at radius 1 is 0.548 bits per heavy atom. The van der Waals surface area contributed by atoms with Crippen LogP contribution in [0.25, 0.3) is 12.2 Å². The van der Waals surface area contributed by atoms with Gasteiger partial charge in [0.05, 0.1) is 0 Å². The first-order chi connectivity index (χ1) is 15.1. The molecule has 0 spiro atoms. The number of hydrogen-bond acceptors (Lipinski definition) is 2. The van der Waals surface area contributed by atoms with Crippen LogP contribution in [0.3, 0.4) is 0 Å². The average molecular weight is 406 g/mol. The van der Waals surface area contributed by atoms with E-state index >= 15 is 0 Å². The third kappa shape index (κ3) is 4.45. The molecule has 0 aliphatic carbocycles. The van der Waals surface area contributed by atoms with Gasteiger partial charge in [0.25, 0.3) is 0 Å². The van der Waals surface area contributed by atoms with Crippen molar-refractivity contribution in [3.8, 4) is 0 Å². The van der Waals surface area contributed by atoms with Crippen molar-refractivity contribution in [2.75, 3.05) is 19.0 Å². The molecule has 4 rings (SSSR count). The molecule has 0 amide bonds. The van der Waals surface area contributed by atoms with Gasteiger partial charge in [-0.15, -0.1) is 0 Å². The zero-order valence-electron chi connectivity index (χ0n) is 17.9. The lowest BCUT2D eigenvalue weighted by atomic mass is 9.80. The highest BCUT2D eigenvalue weighted by Gasteiger charge is 2.33. The molecular weight excluding hydrogens is 378 g/mol. The SMILES string of the molecule is CN(C)c1ccc(/C=C/c2ccc(C(O)(c3ccccc3)c3ccccc3)cc2)cc1. The molecule has 1 N–H and O–H groups in total. The van der Waals surface area contributed by atoms with Crippen LogP contribution in [0.4, 0.5) is 5.69 Å². The molecule has 2 nitrogen and oxygen atoms in total. The number of hydrogen-bond donors (Lipinski definition) is 1. The second kappa shape index (κ2) is 9.03.